The summed E-state index contributed by atoms with van der Waals surface area (Å²) in [4.78, 5) is 0. The summed E-state index contributed by atoms with van der Waals surface area (Å²) < 4.78 is 0. The van der Waals surface area contributed by atoms with E-state index >= 15 is 0 Å². The largest absolute Gasteiger partial charge is 3.00 e. The standard InChI is InChI=1S/Ga.La.3O/q2*+3;3*-2. The Hall–Kier alpha value is 1.71. The van der Waals surface area contributed by atoms with Crippen LogP contribution in [0.3, 0.4) is 0 Å². The second kappa shape index (κ2) is 43.3. The van der Waals surface area contributed by atoms with E-state index in [2.05, 4.69) is 0 Å². The Balaban J connectivity index is 0. The maximum atomic E-state index is 0. The zero-order chi connectivity index (χ0) is 0. The van der Waals surface area contributed by atoms with Crippen molar-refractivity contribution in [2.24, 2.45) is 0 Å². The van der Waals surface area contributed by atoms with E-state index in [9.17, 15) is 0 Å². The van der Waals surface area contributed by atoms with Gasteiger partial charge in [-0.05, 0) is 0 Å². The van der Waals surface area contributed by atoms with Gasteiger partial charge in [0.15, 0.2) is 0 Å². The summed E-state index contributed by atoms with van der Waals surface area (Å²) in [7, 11) is 0. The van der Waals surface area contributed by atoms with Crippen molar-refractivity contribution in [3.63, 3.8) is 0 Å². The van der Waals surface area contributed by atoms with Crippen LogP contribution in [0.1, 0.15) is 0 Å². The molecule has 3 nitrogen and oxygen atoms in total. The summed E-state index contributed by atoms with van der Waals surface area (Å²) in [5.41, 5.74) is 0. The summed E-state index contributed by atoms with van der Waals surface area (Å²) in [6.45, 7) is 0. The SMILES string of the molecule is [Ga+3].[La+3].[O-2].[O-2].[O-2]. The van der Waals surface area contributed by atoms with Gasteiger partial charge >= 0.3 is 55.4 Å². The van der Waals surface area contributed by atoms with Gasteiger partial charge in [0.2, 0.25) is 0 Å². The van der Waals surface area contributed by atoms with E-state index in [4.69, 9.17) is 0 Å². The van der Waals surface area contributed by atoms with Gasteiger partial charge in [-0.15, -0.1) is 0 Å². The molecule has 0 fully saturated rings. The minimum Gasteiger partial charge on any atom is -2.00 e. The van der Waals surface area contributed by atoms with Crippen LogP contribution in [-0.2, 0) is 16.4 Å². The van der Waals surface area contributed by atoms with Crippen molar-refractivity contribution in [1.82, 2.24) is 0 Å². The smallest absolute Gasteiger partial charge is 2.00 e. The quantitative estimate of drug-likeness (QED) is 0.512. The van der Waals surface area contributed by atoms with Crippen LogP contribution in [-0.4, -0.2) is 19.8 Å². The number of hydrogen-bond donors (Lipinski definition) is 0. The van der Waals surface area contributed by atoms with Crippen LogP contribution >= 0.6 is 0 Å². The van der Waals surface area contributed by atoms with E-state index < -0.39 is 0 Å². The molecule has 0 radical (unpaired) electrons. The Morgan fingerprint density at radius 2 is 0.600 bits per heavy atom. The van der Waals surface area contributed by atoms with Crippen LogP contribution in [0.15, 0.2) is 0 Å². The molecule has 0 heterocycles. The monoisotopic (exact) mass is 256 g/mol. The second-order valence-electron chi connectivity index (χ2n) is 0. The average Bonchev–Trinajstić information content (AvgIpc) is 0. The maximum Gasteiger partial charge on any atom is 3.00 e. The van der Waals surface area contributed by atoms with E-state index in [1.807, 2.05) is 0 Å². The number of rotatable bonds is 0. The van der Waals surface area contributed by atoms with Crippen molar-refractivity contribution < 1.29 is 52.0 Å². The van der Waals surface area contributed by atoms with Gasteiger partial charge in [0.25, 0.3) is 0 Å². The van der Waals surface area contributed by atoms with E-state index in [0.717, 1.165) is 0 Å². The Kier molecular flexibility index (Phi) is 647. The molecule has 0 bridgehead atoms. The fourth-order valence-corrected chi connectivity index (χ4v) is 0. The molecule has 0 amide bonds. The molecule has 0 spiro atoms. The van der Waals surface area contributed by atoms with Gasteiger partial charge in [0.05, 0.1) is 0 Å². The van der Waals surface area contributed by atoms with Crippen molar-refractivity contribution >= 4 is 19.8 Å². The van der Waals surface area contributed by atoms with Crippen molar-refractivity contribution in [3.05, 3.63) is 0 Å². The van der Waals surface area contributed by atoms with Gasteiger partial charge in [-0.25, -0.2) is 0 Å². The third-order valence-corrected chi connectivity index (χ3v) is 0. The normalized spacial score (nSPS) is 0. The molecular formula is GaLaO3. The Morgan fingerprint density at radius 3 is 0.600 bits per heavy atom. The predicted molar refractivity (Wildman–Crippen MR) is 7.81 cm³/mol. The predicted octanol–water partition coefficient (Wildman–Crippen LogP) is -0.737. The van der Waals surface area contributed by atoms with Gasteiger partial charge < -0.3 is 16.4 Å². The zero-order valence-corrected chi connectivity index (χ0v) is 8.43. The molecule has 0 rings (SSSR count). The van der Waals surface area contributed by atoms with E-state index in [0.29, 0.717) is 0 Å². The summed E-state index contributed by atoms with van der Waals surface area (Å²) >= 11 is 0. The first kappa shape index (κ1) is 74.8. The molecule has 0 aromatic carbocycles. The van der Waals surface area contributed by atoms with Crippen LogP contribution < -0.4 is 0 Å². The van der Waals surface area contributed by atoms with Crippen LogP contribution in [0.25, 0.3) is 0 Å². The zero-order valence-electron chi connectivity index (χ0n) is 2.38. The van der Waals surface area contributed by atoms with Crippen molar-refractivity contribution in [1.29, 1.82) is 0 Å². The molecule has 0 aliphatic rings. The van der Waals surface area contributed by atoms with E-state index in [1.54, 1.807) is 0 Å². The van der Waals surface area contributed by atoms with Crippen molar-refractivity contribution in [2.45, 2.75) is 0 Å². The molecule has 0 aliphatic carbocycles. The van der Waals surface area contributed by atoms with Crippen LogP contribution in [0, 0.1) is 35.6 Å². The molecule has 0 aliphatic heterocycles. The third kappa shape index (κ3) is 26.9. The third-order valence-electron chi connectivity index (χ3n) is 0. The van der Waals surface area contributed by atoms with Crippen molar-refractivity contribution in [3.8, 4) is 0 Å². The molecule has 0 saturated heterocycles. The van der Waals surface area contributed by atoms with Gasteiger partial charge in [-0.3, -0.25) is 0 Å². The summed E-state index contributed by atoms with van der Waals surface area (Å²) in [5, 5.41) is 0. The molecule has 0 atom stereocenters. The second-order valence-corrected chi connectivity index (χ2v) is 0. The average molecular weight is 257 g/mol. The number of hydrogen-bond acceptors (Lipinski definition) is 0. The van der Waals surface area contributed by atoms with Crippen molar-refractivity contribution in [2.75, 3.05) is 0 Å². The summed E-state index contributed by atoms with van der Waals surface area (Å²) in [6, 6.07) is 0. The summed E-state index contributed by atoms with van der Waals surface area (Å²) in [6.07, 6.45) is 0. The Morgan fingerprint density at radius 1 is 0.600 bits per heavy atom. The summed E-state index contributed by atoms with van der Waals surface area (Å²) in [5.74, 6) is 0. The van der Waals surface area contributed by atoms with E-state index in [1.165, 1.54) is 0 Å². The molecule has 5 heavy (non-hydrogen) atoms. The Labute approximate surface area is 71.1 Å². The first-order valence-corrected chi connectivity index (χ1v) is 0. The molecule has 0 aromatic rings. The van der Waals surface area contributed by atoms with Crippen LogP contribution in [0.2, 0.25) is 0 Å². The first-order chi connectivity index (χ1) is 0. The fourth-order valence-electron chi connectivity index (χ4n) is 0. The maximum absolute atomic E-state index is 0. The first-order valence-electron chi connectivity index (χ1n) is 0. The molecule has 5 heteroatoms. The van der Waals surface area contributed by atoms with Crippen LogP contribution in [0.4, 0.5) is 0 Å². The van der Waals surface area contributed by atoms with E-state index in [-0.39, 0.29) is 71.8 Å². The molecule has 0 N–H and O–H groups in total. The van der Waals surface area contributed by atoms with Gasteiger partial charge in [-0.1, -0.05) is 0 Å². The topological polar surface area (TPSA) is 85.5 Å². The van der Waals surface area contributed by atoms with Gasteiger partial charge in [-0.2, -0.15) is 0 Å². The minimum atomic E-state index is 0. The molecule has 0 aromatic heterocycles. The molecule has 0 unspecified atom stereocenters. The minimum absolute atomic E-state index is 0. The van der Waals surface area contributed by atoms with Gasteiger partial charge in [0.1, 0.15) is 0 Å². The van der Waals surface area contributed by atoms with Crippen LogP contribution in [0.5, 0.6) is 0 Å². The fraction of sp³-hybridized carbons (Fsp3) is 0. The molecular weight excluding hydrogens is 257 g/mol. The molecule has 0 saturated carbocycles. The van der Waals surface area contributed by atoms with Gasteiger partial charge in [0, 0.05) is 0 Å². The Bertz CT molecular complexity index is 6.85. The molecule has 24 valence electrons.